The van der Waals surface area contributed by atoms with E-state index in [1.54, 1.807) is 36.5 Å². The molecule has 4 N–H and O–H groups in total. The zero-order valence-corrected chi connectivity index (χ0v) is 13.5. The summed E-state index contributed by atoms with van der Waals surface area (Å²) in [6.45, 7) is -0.691. The first-order valence-corrected chi connectivity index (χ1v) is 7.42. The van der Waals surface area contributed by atoms with Gasteiger partial charge in [-0.05, 0) is 30.3 Å². The van der Waals surface area contributed by atoms with E-state index in [4.69, 9.17) is 20.9 Å². The highest BCUT2D eigenvalue weighted by Crippen LogP contribution is 2.34. The number of nitrogen functional groups attached to an aromatic ring is 1. The van der Waals surface area contributed by atoms with Crippen molar-refractivity contribution in [3.05, 3.63) is 53.7 Å². The van der Waals surface area contributed by atoms with Crippen LogP contribution in [0.25, 0.3) is 10.9 Å². The van der Waals surface area contributed by atoms with Crippen LogP contribution in [0.15, 0.2) is 42.6 Å². The molecule has 1 amide bonds. The molecular formula is C18H16FN3O3. The number of nitrogens with two attached hydrogens (primary N) is 2. The van der Waals surface area contributed by atoms with E-state index in [1.807, 2.05) is 0 Å². The Labute approximate surface area is 143 Å². The quantitative estimate of drug-likeness (QED) is 0.694. The monoisotopic (exact) mass is 341 g/mol. The third-order valence-electron chi connectivity index (χ3n) is 3.77. The number of hydrogen-bond donors (Lipinski definition) is 2. The molecule has 0 aliphatic carbocycles. The first-order chi connectivity index (χ1) is 12.0. The summed E-state index contributed by atoms with van der Waals surface area (Å²) in [6.07, 6.45) is 1.56. The fraction of sp³-hybridized carbons (Fsp3) is 0.111. The molecule has 128 valence electrons. The lowest BCUT2D eigenvalue weighted by Crippen LogP contribution is -2.12. The van der Waals surface area contributed by atoms with E-state index in [0.29, 0.717) is 39.4 Å². The smallest absolute Gasteiger partial charge is 0.252 e. The van der Waals surface area contributed by atoms with Crippen molar-refractivity contribution in [3.63, 3.8) is 0 Å². The average Bonchev–Trinajstić information content (AvgIpc) is 2.62. The van der Waals surface area contributed by atoms with Gasteiger partial charge < -0.3 is 20.9 Å². The summed E-state index contributed by atoms with van der Waals surface area (Å²) in [5.41, 5.74) is 12.6. The minimum absolute atomic E-state index is 0.217. The Hall–Kier alpha value is -3.35. The number of alkyl halides is 1. The summed E-state index contributed by atoms with van der Waals surface area (Å²) in [5.74, 6) is 0.577. The third kappa shape index (κ3) is 3.16. The highest BCUT2D eigenvalue weighted by Gasteiger charge is 2.14. The van der Waals surface area contributed by atoms with Crippen molar-refractivity contribution in [2.75, 3.05) is 12.8 Å². The molecule has 6 nitrogen and oxygen atoms in total. The van der Waals surface area contributed by atoms with Gasteiger partial charge in [-0.25, -0.2) is 4.39 Å². The predicted molar refractivity (Wildman–Crippen MR) is 92.6 cm³/mol. The zero-order chi connectivity index (χ0) is 18.0. The average molecular weight is 341 g/mol. The van der Waals surface area contributed by atoms with E-state index in [-0.39, 0.29) is 5.56 Å². The number of rotatable bonds is 5. The number of halogens is 1. The molecule has 3 aromatic rings. The Morgan fingerprint density at radius 1 is 1.20 bits per heavy atom. The van der Waals surface area contributed by atoms with Gasteiger partial charge in [-0.2, -0.15) is 0 Å². The van der Waals surface area contributed by atoms with Crippen LogP contribution in [0.4, 0.5) is 10.1 Å². The number of benzene rings is 2. The number of ether oxygens (including phenoxy) is 2. The molecule has 1 aromatic heterocycles. The van der Waals surface area contributed by atoms with Crippen molar-refractivity contribution in [3.8, 4) is 17.2 Å². The van der Waals surface area contributed by atoms with E-state index in [1.165, 1.54) is 13.2 Å². The van der Waals surface area contributed by atoms with Crippen LogP contribution in [0.2, 0.25) is 0 Å². The van der Waals surface area contributed by atoms with Gasteiger partial charge in [-0.1, -0.05) is 0 Å². The Bertz CT molecular complexity index is 960. The SMILES string of the molecule is COc1cc2nccc(Oc3ccc(N)c(CF)c3)c2cc1C(N)=O. The summed E-state index contributed by atoms with van der Waals surface area (Å²) in [7, 11) is 1.45. The summed E-state index contributed by atoms with van der Waals surface area (Å²) in [5, 5.41) is 0.579. The van der Waals surface area contributed by atoms with Crippen molar-refractivity contribution >= 4 is 22.5 Å². The topological polar surface area (TPSA) is 100 Å². The fourth-order valence-corrected chi connectivity index (χ4v) is 2.49. The minimum Gasteiger partial charge on any atom is -0.496 e. The van der Waals surface area contributed by atoms with Crippen LogP contribution in [0.3, 0.4) is 0 Å². The zero-order valence-electron chi connectivity index (χ0n) is 13.5. The van der Waals surface area contributed by atoms with Crippen molar-refractivity contribution < 1.29 is 18.7 Å². The molecule has 0 atom stereocenters. The number of anilines is 1. The van der Waals surface area contributed by atoms with Gasteiger partial charge in [-0.3, -0.25) is 9.78 Å². The molecule has 0 radical (unpaired) electrons. The molecule has 0 bridgehead atoms. The van der Waals surface area contributed by atoms with Crippen LogP contribution in [0.5, 0.6) is 17.2 Å². The summed E-state index contributed by atoms with van der Waals surface area (Å²) in [6, 6.07) is 9.56. The lowest BCUT2D eigenvalue weighted by Gasteiger charge is -2.12. The van der Waals surface area contributed by atoms with E-state index in [9.17, 15) is 9.18 Å². The second-order valence-electron chi connectivity index (χ2n) is 5.34. The van der Waals surface area contributed by atoms with Gasteiger partial charge in [0.1, 0.15) is 23.9 Å². The highest BCUT2D eigenvalue weighted by atomic mass is 19.1. The number of nitrogens with zero attached hydrogens (tertiary/aromatic N) is 1. The van der Waals surface area contributed by atoms with Crippen molar-refractivity contribution in [2.24, 2.45) is 5.73 Å². The first-order valence-electron chi connectivity index (χ1n) is 7.42. The van der Waals surface area contributed by atoms with Crippen molar-refractivity contribution in [2.45, 2.75) is 6.67 Å². The first kappa shape index (κ1) is 16.5. The molecule has 0 saturated carbocycles. The van der Waals surface area contributed by atoms with E-state index in [0.717, 1.165) is 0 Å². The fourth-order valence-electron chi connectivity index (χ4n) is 2.49. The van der Waals surface area contributed by atoms with Gasteiger partial charge in [0.2, 0.25) is 0 Å². The maximum atomic E-state index is 13.0. The maximum Gasteiger partial charge on any atom is 0.252 e. The number of hydrogen-bond acceptors (Lipinski definition) is 5. The highest BCUT2D eigenvalue weighted by molar-refractivity contribution is 6.01. The van der Waals surface area contributed by atoms with Gasteiger partial charge in [-0.15, -0.1) is 0 Å². The normalized spacial score (nSPS) is 10.6. The summed E-state index contributed by atoms with van der Waals surface area (Å²) < 4.78 is 24.0. The Morgan fingerprint density at radius 2 is 2.00 bits per heavy atom. The van der Waals surface area contributed by atoms with Gasteiger partial charge in [0.15, 0.2) is 0 Å². The lowest BCUT2D eigenvalue weighted by molar-refractivity contribution is 0.0997. The Morgan fingerprint density at radius 3 is 2.68 bits per heavy atom. The second kappa shape index (κ2) is 6.64. The van der Waals surface area contributed by atoms with E-state index < -0.39 is 12.6 Å². The molecule has 25 heavy (non-hydrogen) atoms. The number of primary amides is 1. The number of aromatic nitrogens is 1. The molecule has 0 aliphatic rings. The molecule has 3 rings (SSSR count). The molecule has 7 heteroatoms. The van der Waals surface area contributed by atoms with Crippen molar-refractivity contribution in [1.82, 2.24) is 4.98 Å². The molecule has 0 unspecified atom stereocenters. The van der Waals surface area contributed by atoms with Crippen LogP contribution in [-0.2, 0) is 6.67 Å². The van der Waals surface area contributed by atoms with Gasteiger partial charge in [0.25, 0.3) is 5.91 Å². The van der Waals surface area contributed by atoms with Crippen LogP contribution in [-0.4, -0.2) is 18.0 Å². The van der Waals surface area contributed by atoms with Gasteiger partial charge in [0, 0.05) is 28.9 Å². The molecule has 0 saturated heterocycles. The number of carbonyl (C=O) groups excluding carboxylic acids is 1. The summed E-state index contributed by atoms with van der Waals surface area (Å²) in [4.78, 5) is 15.9. The van der Waals surface area contributed by atoms with Crippen LogP contribution in [0.1, 0.15) is 15.9 Å². The third-order valence-corrected chi connectivity index (χ3v) is 3.77. The number of pyridine rings is 1. The molecule has 0 spiro atoms. The minimum atomic E-state index is -0.691. The van der Waals surface area contributed by atoms with Crippen LogP contribution < -0.4 is 20.9 Å². The molecule has 1 heterocycles. The largest absolute Gasteiger partial charge is 0.496 e. The molecular weight excluding hydrogens is 325 g/mol. The summed E-state index contributed by atoms with van der Waals surface area (Å²) >= 11 is 0. The van der Waals surface area contributed by atoms with Crippen LogP contribution in [0, 0.1) is 0 Å². The molecule has 0 aliphatic heterocycles. The van der Waals surface area contributed by atoms with Crippen LogP contribution >= 0.6 is 0 Å². The van der Waals surface area contributed by atoms with Gasteiger partial charge in [0.05, 0.1) is 18.2 Å². The Kier molecular flexibility index (Phi) is 4.38. The van der Waals surface area contributed by atoms with E-state index in [2.05, 4.69) is 4.98 Å². The second-order valence-corrected chi connectivity index (χ2v) is 5.34. The van der Waals surface area contributed by atoms with Crippen molar-refractivity contribution in [1.29, 1.82) is 0 Å². The Balaban J connectivity index is 2.10. The van der Waals surface area contributed by atoms with E-state index >= 15 is 0 Å². The molecule has 2 aromatic carbocycles. The predicted octanol–water partition coefficient (Wildman–Crippen LogP) is 3.19. The lowest BCUT2D eigenvalue weighted by atomic mass is 10.1. The van der Waals surface area contributed by atoms with Gasteiger partial charge >= 0.3 is 0 Å². The molecule has 0 fully saturated rings. The number of amides is 1. The number of carbonyl (C=O) groups is 1. The number of methoxy groups -OCH3 is 1. The standard InChI is InChI=1S/C18H16FN3O3/c1-24-17-8-15-12(7-13(17)18(21)23)16(4-5-22-15)25-11-2-3-14(20)10(6-11)9-19/h2-8H,9,20H2,1H3,(H2,21,23). The number of fused-ring (bicyclic) bond motifs is 1. The maximum absolute atomic E-state index is 13.0.